The lowest BCUT2D eigenvalue weighted by Gasteiger charge is -2.35. The fourth-order valence-electron chi connectivity index (χ4n) is 2.55. The van der Waals surface area contributed by atoms with Crippen LogP contribution < -0.4 is 10.6 Å². The summed E-state index contributed by atoms with van der Waals surface area (Å²) >= 11 is 1.82. The summed E-state index contributed by atoms with van der Waals surface area (Å²) in [6, 6.07) is 0.830. The van der Waals surface area contributed by atoms with Crippen LogP contribution in [0.5, 0.6) is 0 Å². The minimum Gasteiger partial charge on any atom is -0.353 e. The van der Waals surface area contributed by atoms with E-state index in [4.69, 9.17) is 0 Å². The summed E-state index contributed by atoms with van der Waals surface area (Å²) in [6.07, 6.45) is 3.79. The van der Waals surface area contributed by atoms with Crippen molar-refractivity contribution in [3.63, 3.8) is 0 Å². The number of carbonyl (C=O) groups excluding carboxylic acids is 1. The molecule has 0 radical (unpaired) electrons. The van der Waals surface area contributed by atoms with Crippen molar-refractivity contribution >= 4 is 17.7 Å². The number of nitrogens with one attached hydrogen (secondary N) is 2. The summed E-state index contributed by atoms with van der Waals surface area (Å²) in [7, 11) is 0. The van der Waals surface area contributed by atoms with Gasteiger partial charge in [0.2, 0.25) is 5.91 Å². The van der Waals surface area contributed by atoms with E-state index in [1.165, 1.54) is 19.3 Å². The van der Waals surface area contributed by atoms with Gasteiger partial charge in [-0.15, -0.1) is 11.8 Å². The van der Waals surface area contributed by atoms with Crippen LogP contribution in [0, 0.1) is 5.92 Å². The smallest absolute Gasteiger partial charge is 0.230 e. The molecule has 2 N–H and O–H groups in total. The number of rotatable bonds is 6. The van der Waals surface area contributed by atoms with Gasteiger partial charge in [0.1, 0.15) is 0 Å². The molecule has 0 aromatic heterocycles. The molecule has 4 heteroatoms. The Morgan fingerprint density at radius 1 is 1.39 bits per heavy atom. The van der Waals surface area contributed by atoms with E-state index < -0.39 is 0 Å². The van der Waals surface area contributed by atoms with Gasteiger partial charge in [-0.1, -0.05) is 13.8 Å². The van der Waals surface area contributed by atoms with Crippen molar-refractivity contribution in [3.05, 3.63) is 0 Å². The van der Waals surface area contributed by atoms with Gasteiger partial charge in [-0.2, -0.15) is 0 Å². The fourth-order valence-corrected chi connectivity index (χ4v) is 3.93. The normalized spacial score (nSPS) is 28.4. The van der Waals surface area contributed by atoms with Crippen LogP contribution in [0.25, 0.3) is 0 Å². The molecule has 0 spiro atoms. The molecule has 0 aliphatic heterocycles. The zero-order chi connectivity index (χ0) is 13.5. The Balaban J connectivity index is 2.38. The maximum Gasteiger partial charge on any atom is 0.230 e. The molecule has 0 aromatic rings. The van der Waals surface area contributed by atoms with Crippen LogP contribution in [0.15, 0.2) is 0 Å². The van der Waals surface area contributed by atoms with E-state index in [-0.39, 0.29) is 11.9 Å². The van der Waals surface area contributed by atoms with Gasteiger partial charge in [0.25, 0.3) is 0 Å². The molecule has 1 rings (SSSR count). The second-order valence-electron chi connectivity index (χ2n) is 5.65. The van der Waals surface area contributed by atoms with Crippen molar-refractivity contribution in [2.24, 2.45) is 5.92 Å². The van der Waals surface area contributed by atoms with Crippen molar-refractivity contribution in [1.29, 1.82) is 0 Å². The number of carbonyl (C=O) groups is 1. The largest absolute Gasteiger partial charge is 0.353 e. The van der Waals surface area contributed by atoms with Gasteiger partial charge in [-0.25, -0.2) is 0 Å². The van der Waals surface area contributed by atoms with Gasteiger partial charge in [-0.3, -0.25) is 4.79 Å². The van der Waals surface area contributed by atoms with E-state index in [1.54, 1.807) is 0 Å². The van der Waals surface area contributed by atoms with Gasteiger partial charge >= 0.3 is 0 Å². The predicted octanol–water partition coefficient (Wildman–Crippen LogP) is 2.41. The standard InChI is InChI=1S/C14H28N2OS/c1-5-15-12-7-6-11(4)8-13(12)18-9-14(17)16-10(2)3/h10-13,15H,5-9H2,1-4H3,(H,16,17). The highest BCUT2D eigenvalue weighted by Crippen LogP contribution is 2.32. The van der Waals surface area contributed by atoms with Crippen LogP contribution >= 0.6 is 11.8 Å². The summed E-state index contributed by atoms with van der Waals surface area (Å²) in [4.78, 5) is 11.7. The Morgan fingerprint density at radius 3 is 2.72 bits per heavy atom. The first-order chi connectivity index (χ1) is 8.52. The lowest BCUT2D eigenvalue weighted by Crippen LogP contribution is -2.43. The van der Waals surface area contributed by atoms with Gasteiger partial charge in [0.05, 0.1) is 5.75 Å². The third kappa shape index (κ3) is 5.61. The lowest BCUT2D eigenvalue weighted by molar-refractivity contribution is -0.119. The van der Waals surface area contributed by atoms with Crippen molar-refractivity contribution in [2.45, 2.75) is 64.3 Å². The molecule has 1 amide bonds. The highest BCUT2D eigenvalue weighted by atomic mass is 32.2. The Hall–Kier alpha value is -0.220. The van der Waals surface area contributed by atoms with E-state index in [2.05, 4.69) is 24.5 Å². The molecule has 0 bridgehead atoms. The highest BCUT2D eigenvalue weighted by molar-refractivity contribution is 8.00. The third-order valence-corrected chi connectivity index (χ3v) is 4.78. The molecule has 3 atom stereocenters. The maximum atomic E-state index is 11.7. The summed E-state index contributed by atoms with van der Waals surface area (Å²) < 4.78 is 0. The number of hydrogen-bond acceptors (Lipinski definition) is 3. The minimum absolute atomic E-state index is 0.170. The van der Waals surface area contributed by atoms with Crippen LogP contribution in [0.1, 0.15) is 47.0 Å². The van der Waals surface area contributed by atoms with Crippen molar-refractivity contribution < 1.29 is 4.79 Å². The van der Waals surface area contributed by atoms with E-state index in [0.29, 0.717) is 17.0 Å². The van der Waals surface area contributed by atoms with E-state index in [1.807, 2.05) is 25.6 Å². The molecule has 1 aliphatic carbocycles. The molecule has 3 nitrogen and oxygen atoms in total. The maximum absolute atomic E-state index is 11.7. The molecule has 3 unspecified atom stereocenters. The minimum atomic E-state index is 0.170. The number of hydrogen-bond donors (Lipinski definition) is 2. The molecule has 1 fully saturated rings. The van der Waals surface area contributed by atoms with Gasteiger partial charge in [0, 0.05) is 17.3 Å². The molecule has 106 valence electrons. The van der Waals surface area contributed by atoms with E-state index in [9.17, 15) is 4.79 Å². The Bertz CT molecular complexity index is 258. The Morgan fingerprint density at radius 2 is 2.11 bits per heavy atom. The average molecular weight is 272 g/mol. The predicted molar refractivity (Wildman–Crippen MR) is 80.0 cm³/mol. The number of thioether (sulfide) groups is 1. The zero-order valence-corrected chi connectivity index (χ0v) is 13.0. The van der Waals surface area contributed by atoms with Gasteiger partial charge < -0.3 is 10.6 Å². The van der Waals surface area contributed by atoms with Crippen LogP contribution in [0.2, 0.25) is 0 Å². The molecule has 0 heterocycles. The van der Waals surface area contributed by atoms with Crippen molar-refractivity contribution in [1.82, 2.24) is 10.6 Å². The molecule has 18 heavy (non-hydrogen) atoms. The Kier molecular flexibility index (Phi) is 7.08. The quantitative estimate of drug-likeness (QED) is 0.780. The molecule has 1 saturated carbocycles. The first-order valence-corrected chi connectivity index (χ1v) is 8.22. The first kappa shape index (κ1) is 15.8. The zero-order valence-electron chi connectivity index (χ0n) is 12.2. The monoisotopic (exact) mass is 272 g/mol. The van der Waals surface area contributed by atoms with Gasteiger partial charge in [0.15, 0.2) is 0 Å². The summed E-state index contributed by atoms with van der Waals surface area (Å²) in [5.74, 6) is 1.56. The summed E-state index contributed by atoms with van der Waals surface area (Å²) in [6.45, 7) is 9.52. The van der Waals surface area contributed by atoms with E-state index >= 15 is 0 Å². The third-order valence-electron chi connectivity index (χ3n) is 3.40. The summed E-state index contributed by atoms with van der Waals surface area (Å²) in [5.41, 5.74) is 0. The van der Waals surface area contributed by atoms with Gasteiger partial charge in [-0.05, 0) is 45.6 Å². The van der Waals surface area contributed by atoms with Crippen molar-refractivity contribution in [3.8, 4) is 0 Å². The van der Waals surface area contributed by atoms with Crippen LogP contribution in [-0.4, -0.2) is 35.5 Å². The number of amides is 1. The molecule has 0 aromatic carbocycles. The summed E-state index contributed by atoms with van der Waals surface area (Å²) in [5, 5.41) is 7.12. The van der Waals surface area contributed by atoms with Crippen LogP contribution in [0.4, 0.5) is 0 Å². The molecule has 1 aliphatic rings. The lowest BCUT2D eigenvalue weighted by atomic mass is 9.87. The van der Waals surface area contributed by atoms with Crippen LogP contribution in [0.3, 0.4) is 0 Å². The second-order valence-corrected chi connectivity index (χ2v) is 6.88. The SMILES string of the molecule is CCNC1CCC(C)CC1SCC(=O)NC(C)C. The molecular weight excluding hydrogens is 244 g/mol. The Labute approximate surface area is 116 Å². The van der Waals surface area contributed by atoms with Crippen LogP contribution in [-0.2, 0) is 4.79 Å². The topological polar surface area (TPSA) is 41.1 Å². The molecular formula is C14H28N2OS. The average Bonchev–Trinajstić information content (AvgIpc) is 2.29. The van der Waals surface area contributed by atoms with E-state index in [0.717, 1.165) is 12.5 Å². The first-order valence-electron chi connectivity index (χ1n) is 7.17. The second kappa shape index (κ2) is 8.05. The van der Waals surface area contributed by atoms with Crippen molar-refractivity contribution in [2.75, 3.05) is 12.3 Å². The molecule has 0 saturated heterocycles. The highest BCUT2D eigenvalue weighted by Gasteiger charge is 2.28. The fraction of sp³-hybridized carbons (Fsp3) is 0.929.